The van der Waals surface area contributed by atoms with Crippen molar-refractivity contribution in [2.24, 2.45) is 5.92 Å². The molecule has 0 bridgehead atoms. The largest absolute Gasteiger partial charge is 0.461 e. The van der Waals surface area contributed by atoms with Gasteiger partial charge in [-0.2, -0.15) is 0 Å². The minimum atomic E-state index is 0.0185. The molecule has 0 saturated carbocycles. The number of hydrogen-bond donors (Lipinski definition) is 0. The monoisotopic (exact) mass is 154 g/mol. The van der Waals surface area contributed by atoms with E-state index >= 15 is 0 Å². The first-order chi connectivity index (χ1) is 5.29. The molecule has 0 spiro atoms. The molecule has 62 valence electrons. The van der Waals surface area contributed by atoms with E-state index in [0.717, 1.165) is 19.5 Å². The Labute approximate surface area is 68.7 Å². The average Bonchev–Trinajstić information content (AvgIpc) is 2.39. The van der Waals surface area contributed by atoms with Crippen molar-refractivity contribution in [3.8, 4) is 0 Å². The lowest BCUT2D eigenvalue weighted by molar-refractivity contribution is 0.365. The van der Waals surface area contributed by atoms with Gasteiger partial charge in [-0.25, -0.2) is 0 Å². The van der Waals surface area contributed by atoms with Crippen LogP contribution in [0.2, 0.25) is 6.32 Å². The number of allylic oxidation sites excluding steroid dienone is 2. The first-order valence-electron chi connectivity index (χ1n) is 4.19. The van der Waals surface area contributed by atoms with E-state index in [2.05, 4.69) is 26.0 Å². The lowest BCUT2D eigenvalue weighted by atomic mass is 9.85. The molecule has 1 rings (SSSR count). The van der Waals surface area contributed by atoms with E-state index in [1.807, 2.05) is 0 Å². The van der Waals surface area contributed by atoms with Crippen molar-refractivity contribution in [2.75, 3.05) is 13.2 Å². The van der Waals surface area contributed by atoms with E-state index in [1.165, 1.54) is 0 Å². The minimum absolute atomic E-state index is 0.0185. The van der Waals surface area contributed by atoms with Crippen LogP contribution < -0.4 is 0 Å². The van der Waals surface area contributed by atoms with Crippen molar-refractivity contribution < 1.29 is 9.31 Å². The van der Waals surface area contributed by atoms with Crippen LogP contribution in [-0.4, -0.2) is 20.3 Å². The zero-order valence-corrected chi connectivity index (χ0v) is 7.25. The van der Waals surface area contributed by atoms with Crippen LogP contribution in [0, 0.1) is 5.92 Å². The zero-order valence-electron chi connectivity index (χ0n) is 7.25. The quantitative estimate of drug-likeness (QED) is 0.455. The van der Waals surface area contributed by atoms with Crippen LogP contribution in [0.25, 0.3) is 0 Å². The number of rotatable bonds is 3. The third-order valence-electron chi connectivity index (χ3n) is 1.54. The molecule has 0 amide bonds. The van der Waals surface area contributed by atoms with Crippen molar-refractivity contribution in [1.82, 2.24) is 0 Å². The van der Waals surface area contributed by atoms with E-state index in [1.54, 1.807) is 0 Å². The van der Waals surface area contributed by atoms with E-state index in [-0.39, 0.29) is 7.12 Å². The molecule has 1 heterocycles. The summed E-state index contributed by atoms with van der Waals surface area (Å²) in [6.07, 6.45) is 5.18. The van der Waals surface area contributed by atoms with Gasteiger partial charge in [0.2, 0.25) is 0 Å². The molecular weight excluding hydrogens is 139 g/mol. The summed E-state index contributed by atoms with van der Waals surface area (Å²) in [5.41, 5.74) is 0. The summed E-state index contributed by atoms with van der Waals surface area (Å²) in [7, 11) is 0.0185. The normalized spacial score (nSPS) is 19.0. The number of hydrogen-bond acceptors (Lipinski definition) is 2. The second-order valence-electron chi connectivity index (χ2n) is 3.08. The van der Waals surface area contributed by atoms with Crippen LogP contribution in [-0.2, 0) is 9.31 Å². The molecule has 0 N–H and O–H groups in total. The third-order valence-corrected chi connectivity index (χ3v) is 1.54. The predicted molar refractivity (Wildman–Crippen MR) is 46.4 cm³/mol. The molecule has 0 aliphatic carbocycles. The van der Waals surface area contributed by atoms with Crippen LogP contribution in [0.5, 0.6) is 0 Å². The molecule has 0 radical (unpaired) electrons. The Morgan fingerprint density at radius 3 is 2.55 bits per heavy atom. The van der Waals surface area contributed by atoms with E-state index in [4.69, 9.17) is 9.31 Å². The third kappa shape index (κ3) is 3.58. The Bertz CT molecular complexity index is 128. The molecule has 2 nitrogen and oxygen atoms in total. The van der Waals surface area contributed by atoms with Crippen LogP contribution in [0.4, 0.5) is 0 Å². The maximum absolute atomic E-state index is 5.26. The van der Waals surface area contributed by atoms with Gasteiger partial charge < -0.3 is 9.31 Å². The van der Waals surface area contributed by atoms with E-state index in [0.29, 0.717) is 5.92 Å². The summed E-state index contributed by atoms with van der Waals surface area (Å²) in [5.74, 6) is 0.622. The fourth-order valence-corrected chi connectivity index (χ4v) is 1.01. The maximum Gasteiger partial charge on any atom is 0.461 e. The molecule has 1 saturated heterocycles. The molecule has 1 fully saturated rings. The average molecular weight is 154 g/mol. The lowest BCUT2D eigenvalue weighted by Gasteiger charge is -1.98. The molecule has 1 aliphatic heterocycles. The van der Waals surface area contributed by atoms with Gasteiger partial charge in [-0.3, -0.25) is 0 Å². The fraction of sp³-hybridized carbons (Fsp3) is 0.750. The molecule has 11 heavy (non-hydrogen) atoms. The smallest absolute Gasteiger partial charge is 0.409 e. The highest BCUT2D eigenvalue weighted by Gasteiger charge is 2.21. The summed E-state index contributed by atoms with van der Waals surface area (Å²) in [4.78, 5) is 0. The highest BCUT2D eigenvalue weighted by Crippen LogP contribution is 2.06. The topological polar surface area (TPSA) is 18.5 Å². The molecule has 0 aromatic rings. The van der Waals surface area contributed by atoms with Crippen molar-refractivity contribution in [3.63, 3.8) is 0 Å². The van der Waals surface area contributed by atoms with Gasteiger partial charge in [-0.15, -0.1) is 0 Å². The first-order valence-corrected chi connectivity index (χ1v) is 4.19. The van der Waals surface area contributed by atoms with Gasteiger partial charge in [0.05, 0.1) is 13.2 Å². The molecule has 0 unspecified atom stereocenters. The van der Waals surface area contributed by atoms with Gasteiger partial charge in [-0.1, -0.05) is 26.0 Å². The van der Waals surface area contributed by atoms with Crippen molar-refractivity contribution in [3.05, 3.63) is 12.2 Å². The standard InChI is InChI=1S/C8H15BO2/c1-8(2)4-3-5-9-10-6-7-11-9/h3-4,8H,5-7H2,1-2H3/b4-3+. The van der Waals surface area contributed by atoms with Crippen molar-refractivity contribution >= 4 is 7.12 Å². The molecular formula is C8H15BO2. The highest BCUT2D eigenvalue weighted by molar-refractivity contribution is 6.45. The van der Waals surface area contributed by atoms with Crippen LogP contribution >= 0.6 is 0 Å². The Kier molecular flexibility index (Phi) is 3.67. The zero-order chi connectivity index (χ0) is 8.10. The molecule has 0 aromatic heterocycles. The van der Waals surface area contributed by atoms with Crippen LogP contribution in [0.1, 0.15) is 13.8 Å². The van der Waals surface area contributed by atoms with Crippen LogP contribution in [0.15, 0.2) is 12.2 Å². The Morgan fingerprint density at radius 1 is 1.36 bits per heavy atom. The van der Waals surface area contributed by atoms with E-state index in [9.17, 15) is 0 Å². The maximum atomic E-state index is 5.26. The van der Waals surface area contributed by atoms with Crippen LogP contribution in [0.3, 0.4) is 0 Å². The first kappa shape index (κ1) is 8.82. The summed E-state index contributed by atoms with van der Waals surface area (Å²) < 4.78 is 10.5. The second kappa shape index (κ2) is 4.57. The summed E-state index contributed by atoms with van der Waals surface area (Å²) in [6.45, 7) is 5.82. The van der Waals surface area contributed by atoms with Gasteiger partial charge in [0.15, 0.2) is 0 Å². The van der Waals surface area contributed by atoms with Gasteiger partial charge in [-0.05, 0) is 5.92 Å². The Balaban J connectivity index is 2.10. The minimum Gasteiger partial charge on any atom is -0.409 e. The van der Waals surface area contributed by atoms with E-state index < -0.39 is 0 Å². The molecule has 1 aliphatic rings. The Hall–Kier alpha value is -0.275. The molecule has 0 aromatic carbocycles. The SMILES string of the molecule is CC(C)/C=C/CB1OCCO1. The predicted octanol–water partition coefficient (Wildman–Crippen LogP) is 1.73. The summed E-state index contributed by atoms with van der Waals surface area (Å²) in [5, 5.41) is 0. The molecule has 0 atom stereocenters. The molecule has 3 heteroatoms. The Morgan fingerprint density at radius 2 is 2.00 bits per heavy atom. The van der Waals surface area contributed by atoms with Crippen molar-refractivity contribution in [2.45, 2.75) is 20.2 Å². The summed E-state index contributed by atoms with van der Waals surface area (Å²) >= 11 is 0. The highest BCUT2D eigenvalue weighted by atomic mass is 16.6. The second-order valence-corrected chi connectivity index (χ2v) is 3.08. The fourth-order valence-electron chi connectivity index (χ4n) is 1.01. The van der Waals surface area contributed by atoms with Gasteiger partial charge in [0, 0.05) is 6.32 Å². The van der Waals surface area contributed by atoms with Gasteiger partial charge in [0.25, 0.3) is 0 Å². The summed E-state index contributed by atoms with van der Waals surface area (Å²) in [6, 6.07) is 0. The lowest BCUT2D eigenvalue weighted by Crippen LogP contribution is -2.11. The van der Waals surface area contributed by atoms with Gasteiger partial charge >= 0.3 is 7.12 Å². The van der Waals surface area contributed by atoms with Crippen molar-refractivity contribution in [1.29, 1.82) is 0 Å². The van der Waals surface area contributed by atoms with Gasteiger partial charge in [0.1, 0.15) is 0 Å².